The van der Waals surface area contributed by atoms with E-state index in [-0.39, 0.29) is 25.7 Å². The summed E-state index contributed by atoms with van der Waals surface area (Å²) >= 11 is 0. The number of ether oxygens (including phenoxy) is 2. The van der Waals surface area contributed by atoms with Crippen LogP contribution in [0.25, 0.3) is 33.3 Å². The first-order valence-corrected chi connectivity index (χ1v) is 19.2. The molecule has 1 fully saturated rings. The van der Waals surface area contributed by atoms with Crippen molar-refractivity contribution >= 4 is 28.9 Å². The summed E-state index contributed by atoms with van der Waals surface area (Å²) in [6, 6.07) is 13.3. The smallest absolute Gasteiger partial charge is 0.408 e. The van der Waals surface area contributed by atoms with E-state index in [0.29, 0.717) is 36.9 Å². The molecule has 4 aromatic rings. The maximum absolute atomic E-state index is 14.6. The topological polar surface area (TPSA) is 155 Å². The Morgan fingerprint density at radius 1 is 1.07 bits per heavy atom. The third-order valence-electron chi connectivity index (χ3n) is 10.1. The Morgan fingerprint density at radius 3 is 2.45 bits per heavy atom. The van der Waals surface area contributed by atoms with Crippen LogP contribution in [-0.4, -0.2) is 80.7 Å². The Kier molecular flexibility index (Phi) is 13.2. The van der Waals surface area contributed by atoms with Crippen LogP contribution in [0.3, 0.4) is 0 Å². The van der Waals surface area contributed by atoms with Gasteiger partial charge < -0.3 is 29.6 Å². The fourth-order valence-electron chi connectivity index (χ4n) is 7.33. The highest BCUT2D eigenvalue weighted by molar-refractivity contribution is 5.95. The van der Waals surface area contributed by atoms with Crippen molar-refractivity contribution in [2.45, 2.75) is 111 Å². The molecule has 0 unspecified atom stereocenters. The first kappa shape index (κ1) is 42.3. The van der Waals surface area contributed by atoms with Crippen molar-refractivity contribution < 1.29 is 38.5 Å². The molecule has 1 saturated heterocycles. The lowest BCUT2D eigenvalue weighted by molar-refractivity contribution is -0.147. The van der Waals surface area contributed by atoms with Gasteiger partial charge in [-0.2, -0.15) is 0 Å². The average molecular weight is 774 g/mol. The van der Waals surface area contributed by atoms with Gasteiger partial charge in [0.05, 0.1) is 17.5 Å². The van der Waals surface area contributed by atoms with E-state index < -0.39 is 47.7 Å². The molecular weight excluding hydrogens is 717 g/mol. The lowest BCUT2D eigenvalue weighted by atomic mass is 9.84. The summed E-state index contributed by atoms with van der Waals surface area (Å²) in [5.74, 6) is -1.61. The summed E-state index contributed by atoms with van der Waals surface area (Å²) < 4.78 is 28.1. The number of halogens is 1. The molecule has 2 aromatic heterocycles. The largest absolute Gasteiger partial charge is 0.480 e. The van der Waals surface area contributed by atoms with Gasteiger partial charge in [0, 0.05) is 55.9 Å². The standard InChI is InChI=1S/C43H56FN5O7/c1-9-48-36-15-14-29(22-32(36)33(23-43(6,7)25-50)38(48)31-12-10-16-45-37(31)26(2)55-8)30-19-27(18-28(20-30)24-44)21-35(46-41(54)56-42(3,4)5)39(51)49-17-11-13-34(47-49)40(52)53/h10,12,14-16,18-20,22,26,34-35,47,50H,9,11,13,17,21,23-25H2,1-8H3,(H,46,54)(H,52,53)/t26-,34-,35-/m0/s1. The number of carbonyl (C=O) groups excluding carboxylic acids is 2. The second-order valence-corrected chi connectivity index (χ2v) is 16.3. The molecule has 2 amide bonds. The maximum Gasteiger partial charge on any atom is 0.408 e. The molecule has 1 aliphatic rings. The molecular formula is C43H56FN5O7. The number of hydrazine groups is 1. The average Bonchev–Trinajstić information content (AvgIpc) is 3.47. The third-order valence-corrected chi connectivity index (χ3v) is 10.1. The summed E-state index contributed by atoms with van der Waals surface area (Å²) in [5, 5.41) is 25.0. The number of aliphatic hydroxyl groups excluding tert-OH is 1. The number of methoxy groups -OCH3 is 1. The Balaban J connectivity index is 1.62. The Labute approximate surface area is 328 Å². The molecule has 12 nitrogen and oxygen atoms in total. The maximum atomic E-state index is 14.6. The highest BCUT2D eigenvalue weighted by Gasteiger charge is 2.34. The molecule has 3 atom stereocenters. The van der Waals surface area contributed by atoms with Gasteiger partial charge in [-0.1, -0.05) is 32.0 Å². The van der Waals surface area contributed by atoms with Gasteiger partial charge in [0.25, 0.3) is 5.91 Å². The number of alkyl halides is 1. The number of aliphatic hydroxyl groups is 1. The van der Waals surface area contributed by atoms with Gasteiger partial charge in [-0.3, -0.25) is 19.6 Å². The number of benzene rings is 2. The van der Waals surface area contributed by atoms with Gasteiger partial charge in [-0.05, 0) is 117 Å². The summed E-state index contributed by atoms with van der Waals surface area (Å²) in [6.07, 6.45) is 2.06. The van der Waals surface area contributed by atoms with Crippen molar-refractivity contribution in [1.82, 2.24) is 25.3 Å². The first-order valence-electron chi connectivity index (χ1n) is 19.2. The number of amides is 2. The number of alkyl carbamates (subject to hydrolysis) is 1. The zero-order valence-electron chi connectivity index (χ0n) is 33.7. The minimum atomic E-state index is -1.15. The van der Waals surface area contributed by atoms with Crippen LogP contribution < -0.4 is 10.7 Å². The van der Waals surface area contributed by atoms with Crippen LogP contribution in [0.2, 0.25) is 0 Å². The number of rotatable bonds is 14. The van der Waals surface area contributed by atoms with Crippen molar-refractivity contribution in [2.75, 3.05) is 20.3 Å². The van der Waals surface area contributed by atoms with E-state index in [1.165, 1.54) is 5.01 Å². The molecule has 3 heterocycles. The molecule has 56 heavy (non-hydrogen) atoms. The molecule has 0 saturated carbocycles. The second kappa shape index (κ2) is 17.5. The molecule has 0 bridgehead atoms. The van der Waals surface area contributed by atoms with E-state index in [4.69, 9.17) is 14.5 Å². The summed E-state index contributed by atoms with van der Waals surface area (Å²) in [5.41, 5.74) is 8.81. The van der Waals surface area contributed by atoms with Gasteiger partial charge in [0.15, 0.2) is 0 Å². The van der Waals surface area contributed by atoms with Crippen molar-refractivity contribution in [2.24, 2.45) is 5.41 Å². The minimum Gasteiger partial charge on any atom is -0.480 e. The molecule has 4 N–H and O–H groups in total. The fraction of sp³-hybridized carbons (Fsp3) is 0.488. The number of hydrogen-bond acceptors (Lipinski definition) is 8. The van der Waals surface area contributed by atoms with Gasteiger partial charge in [-0.25, -0.2) is 14.6 Å². The molecule has 0 aliphatic carbocycles. The lowest BCUT2D eigenvalue weighted by Crippen LogP contribution is -2.60. The number of nitrogens with one attached hydrogen (secondary N) is 2. The van der Waals surface area contributed by atoms with Gasteiger partial charge in [-0.15, -0.1) is 0 Å². The highest BCUT2D eigenvalue weighted by atomic mass is 19.1. The lowest BCUT2D eigenvalue weighted by Gasteiger charge is -2.34. The van der Waals surface area contributed by atoms with Gasteiger partial charge >= 0.3 is 12.1 Å². The third kappa shape index (κ3) is 9.74. The number of aliphatic carboxylic acids is 1. The van der Waals surface area contributed by atoms with E-state index in [1.807, 2.05) is 39.0 Å². The van der Waals surface area contributed by atoms with Crippen LogP contribution in [0.1, 0.15) is 89.8 Å². The molecule has 302 valence electrons. The van der Waals surface area contributed by atoms with E-state index in [0.717, 1.165) is 44.5 Å². The summed E-state index contributed by atoms with van der Waals surface area (Å²) in [6.45, 7) is 13.4. The van der Waals surface area contributed by atoms with Crippen LogP contribution >= 0.6 is 0 Å². The summed E-state index contributed by atoms with van der Waals surface area (Å²) in [4.78, 5) is 43.5. The zero-order valence-corrected chi connectivity index (χ0v) is 33.7. The van der Waals surface area contributed by atoms with E-state index >= 15 is 0 Å². The number of fused-ring (bicyclic) bond motifs is 1. The van der Waals surface area contributed by atoms with Crippen LogP contribution in [0.5, 0.6) is 0 Å². The van der Waals surface area contributed by atoms with E-state index in [9.17, 15) is 29.0 Å². The molecule has 0 radical (unpaired) electrons. The van der Waals surface area contributed by atoms with Crippen LogP contribution in [0.4, 0.5) is 9.18 Å². The molecule has 0 spiro atoms. The van der Waals surface area contributed by atoms with Crippen molar-refractivity contribution in [1.29, 1.82) is 0 Å². The van der Waals surface area contributed by atoms with Crippen molar-refractivity contribution in [3.8, 4) is 22.4 Å². The molecule has 13 heteroatoms. The van der Waals surface area contributed by atoms with Gasteiger partial charge in [0.1, 0.15) is 24.4 Å². The predicted octanol–water partition coefficient (Wildman–Crippen LogP) is 7.14. The van der Waals surface area contributed by atoms with Crippen molar-refractivity contribution in [3.63, 3.8) is 0 Å². The van der Waals surface area contributed by atoms with Crippen LogP contribution in [0, 0.1) is 5.41 Å². The van der Waals surface area contributed by atoms with Crippen molar-refractivity contribution in [3.05, 3.63) is 77.1 Å². The van der Waals surface area contributed by atoms with Gasteiger partial charge in [0.2, 0.25) is 0 Å². The summed E-state index contributed by atoms with van der Waals surface area (Å²) in [7, 11) is 1.66. The number of aryl methyl sites for hydroxylation is 1. The first-order chi connectivity index (χ1) is 26.5. The SMILES string of the molecule is CCn1c(-c2cccnc2[C@H](C)OC)c(CC(C)(C)CO)c2cc(-c3cc(CF)cc(C[C@H](NC(=O)OC(C)(C)C)C(=O)N4CCC[C@@H](C(=O)O)N4)c3)ccc21. The quantitative estimate of drug-likeness (QED) is 0.105. The highest BCUT2D eigenvalue weighted by Crippen LogP contribution is 2.41. The van der Waals surface area contributed by atoms with E-state index in [2.05, 4.69) is 40.4 Å². The van der Waals surface area contributed by atoms with Crippen LogP contribution in [-0.2, 0) is 45.1 Å². The predicted molar refractivity (Wildman–Crippen MR) is 213 cm³/mol. The Bertz CT molecular complexity index is 2060. The monoisotopic (exact) mass is 773 g/mol. The van der Waals surface area contributed by atoms with E-state index in [1.54, 1.807) is 46.2 Å². The zero-order chi connectivity index (χ0) is 40.9. The number of hydrogen-bond donors (Lipinski definition) is 4. The molecule has 5 rings (SSSR count). The number of carbonyl (C=O) groups is 3. The number of pyridine rings is 1. The number of nitrogens with zero attached hydrogens (tertiary/aromatic N) is 3. The number of carboxylic acid groups (broad SMARTS) is 1. The molecule has 2 aromatic carbocycles. The normalized spacial score (nSPS) is 16.1. The number of carboxylic acids is 1. The minimum absolute atomic E-state index is 0.00908. The van der Waals surface area contributed by atoms with Crippen LogP contribution in [0.15, 0.2) is 54.7 Å². The number of aromatic nitrogens is 2. The molecule has 1 aliphatic heterocycles. The second-order valence-electron chi connectivity index (χ2n) is 16.3. The Hall–Kier alpha value is -4.85. The fourth-order valence-corrected chi connectivity index (χ4v) is 7.33. The Morgan fingerprint density at radius 2 is 1.80 bits per heavy atom.